The van der Waals surface area contributed by atoms with Crippen molar-refractivity contribution < 1.29 is 32.6 Å². The van der Waals surface area contributed by atoms with Gasteiger partial charge >= 0.3 is 12.2 Å². The molecule has 1 heterocycles. The van der Waals surface area contributed by atoms with Crippen molar-refractivity contribution in [3.8, 4) is 5.75 Å². The monoisotopic (exact) mass is 408 g/mol. The number of amides is 2. The van der Waals surface area contributed by atoms with Crippen LogP contribution in [0.4, 0.5) is 18.0 Å². The van der Waals surface area contributed by atoms with Crippen molar-refractivity contribution in [3.63, 3.8) is 0 Å². The van der Waals surface area contributed by atoms with E-state index in [0.29, 0.717) is 12.4 Å². The van der Waals surface area contributed by atoms with Gasteiger partial charge in [-0.2, -0.15) is 13.2 Å². The van der Waals surface area contributed by atoms with Crippen molar-refractivity contribution in [2.24, 2.45) is 5.92 Å². The van der Waals surface area contributed by atoms with Crippen LogP contribution in [0, 0.1) is 5.92 Å². The summed E-state index contributed by atoms with van der Waals surface area (Å²) in [6.45, 7) is 1.24. The van der Waals surface area contributed by atoms with Crippen LogP contribution in [0.1, 0.15) is 24.1 Å². The van der Waals surface area contributed by atoms with E-state index in [4.69, 9.17) is 4.74 Å². The molecular formula is C20H19F3N2O4. The lowest BCUT2D eigenvalue weighted by atomic mass is 9.79. The first-order valence-electron chi connectivity index (χ1n) is 8.77. The predicted molar refractivity (Wildman–Crippen MR) is 96.8 cm³/mol. The molecule has 9 heteroatoms. The number of benzene rings is 2. The average Bonchev–Trinajstić information content (AvgIpc) is 2.66. The zero-order valence-corrected chi connectivity index (χ0v) is 15.4. The van der Waals surface area contributed by atoms with Gasteiger partial charge in [0.05, 0.1) is 12.0 Å². The molecule has 1 saturated heterocycles. The lowest BCUT2D eigenvalue weighted by Gasteiger charge is -2.44. The molecule has 0 bridgehead atoms. The molecule has 3 atom stereocenters. The number of hydrogen-bond acceptors (Lipinski definition) is 4. The van der Waals surface area contributed by atoms with E-state index in [-0.39, 0.29) is 5.56 Å². The minimum Gasteiger partial charge on any atom is -0.489 e. The third-order valence-corrected chi connectivity index (χ3v) is 4.73. The Kier molecular flexibility index (Phi) is 5.52. The minimum absolute atomic E-state index is 0.231. The van der Waals surface area contributed by atoms with Crippen LogP contribution in [0.15, 0.2) is 54.6 Å². The Bertz CT molecular complexity index is 887. The topological polar surface area (TPSA) is 87.7 Å². The molecule has 2 amide bonds. The van der Waals surface area contributed by atoms with Crippen molar-refractivity contribution in [1.29, 1.82) is 0 Å². The van der Waals surface area contributed by atoms with Crippen LogP contribution < -0.4 is 15.4 Å². The summed E-state index contributed by atoms with van der Waals surface area (Å²) in [6, 6.07) is 12.7. The third kappa shape index (κ3) is 4.19. The molecule has 3 N–H and O–H groups in total. The zero-order valence-electron chi connectivity index (χ0n) is 15.4. The highest BCUT2D eigenvalue weighted by molar-refractivity contribution is 5.86. The summed E-state index contributed by atoms with van der Waals surface area (Å²) in [6.07, 6.45) is -5.24. The van der Waals surface area contributed by atoms with Crippen LogP contribution >= 0.6 is 0 Å². The van der Waals surface area contributed by atoms with Crippen molar-refractivity contribution in [2.75, 3.05) is 0 Å². The molecule has 0 aromatic heterocycles. The van der Waals surface area contributed by atoms with E-state index in [9.17, 15) is 27.9 Å². The SMILES string of the molecule is CC(=O)[C@H]1[C@@H](c2ccc(OCc3ccccc3)cc2)NC(=O)N[C@]1(O)C(F)(F)F. The summed E-state index contributed by atoms with van der Waals surface area (Å²) in [5, 5.41) is 13.9. The van der Waals surface area contributed by atoms with Gasteiger partial charge in [0.15, 0.2) is 0 Å². The molecule has 6 nitrogen and oxygen atoms in total. The number of ketones is 1. The third-order valence-electron chi connectivity index (χ3n) is 4.73. The van der Waals surface area contributed by atoms with Crippen molar-refractivity contribution in [2.45, 2.75) is 31.5 Å². The molecule has 0 spiro atoms. The number of Topliss-reactive ketones (excluding diaryl/α,β-unsaturated/α-hetero) is 1. The molecule has 29 heavy (non-hydrogen) atoms. The maximum absolute atomic E-state index is 13.5. The number of aliphatic hydroxyl groups is 1. The Morgan fingerprint density at radius 1 is 1.14 bits per heavy atom. The lowest BCUT2D eigenvalue weighted by Crippen LogP contribution is -2.72. The molecule has 0 aliphatic carbocycles. The van der Waals surface area contributed by atoms with Gasteiger partial charge in [-0.3, -0.25) is 4.79 Å². The minimum atomic E-state index is -5.24. The summed E-state index contributed by atoms with van der Waals surface area (Å²) >= 11 is 0. The Hall–Kier alpha value is -3.07. The smallest absolute Gasteiger partial charge is 0.437 e. The van der Waals surface area contributed by atoms with Gasteiger partial charge < -0.3 is 20.5 Å². The molecule has 2 aromatic rings. The highest BCUT2D eigenvalue weighted by Gasteiger charge is 2.65. The summed E-state index contributed by atoms with van der Waals surface area (Å²) in [7, 11) is 0. The summed E-state index contributed by atoms with van der Waals surface area (Å²) in [4.78, 5) is 23.8. The van der Waals surface area contributed by atoms with Gasteiger partial charge in [0.25, 0.3) is 0 Å². The molecule has 1 aliphatic heterocycles. The second-order valence-electron chi connectivity index (χ2n) is 6.77. The summed E-state index contributed by atoms with van der Waals surface area (Å²) in [5.41, 5.74) is -2.50. The summed E-state index contributed by atoms with van der Waals surface area (Å²) in [5.74, 6) is -2.42. The molecule has 0 saturated carbocycles. The molecular weight excluding hydrogens is 389 g/mol. The molecule has 1 aliphatic rings. The number of hydrogen-bond donors (Lipinski definition) is 3. The van der Waals surface area contributed by atoms with Crippen molar-refractivity contribution >= 4 is 11.8 Å². The molecule has 0 radical (unpaired) electrons. The number of carbonyl (C=O) groups excluding carboxylic acids is 2. The van der Waals surface area contributed by atoms with Gasteiger partial charge in [-0.15, -0.1) is 0 Å². The Morgan fingerprint density at radius 3 is 2.31 bits per heavy atom. The first-order chi connectivity index (χ1) is 13.6. The van der Waals surface area contributed by atoms with E-state index >= 15 is 0 Å². The number of halogens is 3. The van der Waals surface area contributed by atoms with Gasteiger partial charge in [-0.05, 0) is 30.2 Å². The van der Waals surface area contributed by atoms with E-state index in [1.165, 1.54) is 29.6 Å². The quantitative estimate of drug-likeness (QED) is 0.710. The van der Waals surface area contributed by atoms with Gasteiger partial charge in [0.2, 0.25) is 5.72 Å². The van der Waals surface area contributed by atoms with E-state index in [2.05, 4.69) is 5.32 Å². The fraction of sp³-hybridized carbons (Fsp3) is 0.300. The molecule has 154 valence electrons. The fourth-order valence-corrected chi connectivity index (χ4v) is 3.32. The Morgan fingerprint density at radius 2 is 1.76 bits per heavy atom. The van der Waals surface area contributed by atoms with Gasteiger partial charge in [0, 0.05) is 0 Å². The number of alkyl halides is 3. The van der Waals surface area contributed by atoms with Gasteiger partial charge in [0.1, 0.15) is 18.1 Å². The number of ether oxygens (including phenoxy) is 1. The first kappa shape index (κ1) is 20.7. The van der Waals surface area contributed by atoms with E-state index in [1.54, 1.807) is 0 Å². The molecule has 3 rings (SSSR count). The highest BCUT2D eigenvalue weighted by Crippen LogP contribution is 2.43. The Labute approximate surface area is 164 Å². The fourth-order valence-electron chi connectivity index (χ4n) is 3.32. The second kappa shape index (κ2) is 7.75. The van der Waals surface area contributed by atoms with Crippen LogP contribution in [0.25, 0.3) is 0 Å². The number of nitrogens with one attached hydrogen (secondary N) is 2. The van der Waals surface area contributed by atoms with E-state index < -0.39 is 35.7 Å². The predicted octanol–water partition coefficient (Wildman–Crippen LogP) is 3.08. The standard InChI is InChI=1S/C20H19F3N2O4/c1-12(26)16-17(24-18(27)25-19(16,28)20(21,22)23)14-7-9-15(10-8-14)29-11-13-5-3-2-4-6-13/h2-10,16-17,28H,11H2,1H3,(H2,24,25,27)/t16-,17+,19+/m0/s1. The lowest BCUT2D eigenvalue weighted by molar-refractivity contribution is -0.290. The van der Waals surface area contributed by atoms with Gasteiger partial charge in [-0.1, -0.05) is 42.5 Å². The second-order valence-corrected chi connectivity index (χ2v) is 6.77. The van der Waals surface area contributed by atoms with Crippen LogP contribution in [-0.2, 0) is 11.4 Å². The Balaban J connectivity index is 1.84. The summed E-state index contributed by atoms with van der Waals surface area (Å²) < 4.78 is 46.0. The number of carbonyl (C=O) groups is 2. The van der Waals surface area contributed by atoms with Crippen molar-refractivity contribution in [1.82, 2.24) is 10.6 Å². The maximum atomic E-state index is 13.5. The maximum Gasteiger partial charge on any atom is 0.437 e. The van der Waals surface area contributed by atoms with Crippen LogP contribution in [-0.4, -0.2) is 28.8 Å². The largest absolute Gasteiger partial charge is 0.489 e. The first-order valence-corrected chi connectivity index (χ1v) is 8.77. The van der Waals surface area contributed by atoms with Gasteiger partial charge in [-0.25, -0.2) is 4.79 Å². The molecule has 2 aromatic carbocycles. The average molecular weight is 408 g/mol. The van der Waals surface area contributed by atoms with Crippen molar-refractivity contribution in [3.05, 3.63) is 65.7 Å². The zero-order chi connectivity index (χ0) is 21.2. The highest BCUT2D eigenvalue weighted by atomic mass is 19.4. The van der Waals surface area contributed by atoms with Crippen LogP contribution in [0.5, 0.6) is 5.75 Å². The normalized spacial score (nSPS) is 24.4. The number of rotatable bonds is 5. The van der Waals surface area contributed by atoms with E-state index in [0.717, 1.165) is 12.5 Å². The van der Waals surface area contributed by atoms with Crippen LogP contribution in [0.3, 0.4) is 0 Å². The van der Waals surface area contributed by atoms with E-state index in [1.807, 2.05) is 30.3 Å². The number of urea groups is 1. The molecule has 1 fully saturated rings. The molecule has 0 unspecified atom stereocenters. The van der Waals surface area contributed by atoms with Crippen LogP contribution in [0.2, 0.25) is 0 Å².